The van der Waals surface area contributed by atoms with Crippen LogP contribution in [0.1, 0.15) is 11.1 Å². The molecule has 1 N–H and O–H groups in total. The lowest BCUT2D eigenvalue weighted by molar-refractivity contribution is -0.388. The van der Waals surface area contributed by atoms with Crippen LogP contribution in [0.2, 0.25) is 0 Å². The predicted octanol–water partition coefficient (Wildman–Crippen LogP) is 1.71. The Balaban J connectivity index is 1.57. The molecule has 0 atom stereocenters. The van der Waals surface area contributed by atoms with Crippen LogP contribution in [-0.2, 0) is 11.8 Å². The summed E-state index contributed by atoms with van der Waals surface area (Å²) < 4.78 is 1.67. The van der Waals surface area contributed by atoms with Crippen LogP contribution in [-0.4, -0.2) is 58.0 Å². The van der Waals surface area contributed by atoms with Gasteiger partial charge in [-0.2, -0.15) is 0 Å². The second kappa shape index (κ2) is 7.75. The van der Waals surface area contributed by atoms with Crippen LogP contribution >= 0.6 is 0 Å². The standard InChI is InChI=1S/C18H24N6O3/c1-13-5-4-6-15(14(13)2)20-16(25)11-22-7-9-23(10-8-22)18-17(24(26)27)19-12-21(18)3/h4-6,12H,7-11H2,1-3H3,(H,20,25). The number of piperazine rings is 1. The average molecular weight is 372 g/mol. The summed E-state index contributed by atoms with van der Waals surface area (Å²) in [6.45, 7) is 6.83. The maximum Gasteiger partial charge on any atom is 0.406 e. The molecule has 9 heteroatoms. The number of nitrogens with zero attached hydrogens (tertiary/aromatic N) is 5. The number of carbonyl (C=O) groups excluding carboxylic acids is 1. The molecule has 9 nitrogen and oxygen atoms in total. The Kier molecular flexibility index (Phi) is 5.41. The number of aryl methyl sites for hydroxylation is 2. The van der Waals surface area contributed by atoms with E-state index in [0.717, 1.165) is 16.8 Å². The molecule has 1 aliphatic rings. The van der Waals surface area contributed by atoms with Crippen LogP contribution < -0.4 is 10.2 Å². The van der Waals surface area contributed by atoms with Crippen LogP contribution in [0.15, 0.2) is 24.5 Å². The van der Waals surface area contributed by atoms with Crippen molar-refractivity contribution in [2.24, 2.45) is 7.05 Å². The Hall–Kier alpha value is -2.94. The van der Waals surface area contributed by atoms with Crippen molar-refractivity contribution in [3.8, 4) is 0 Å². The number of anilines is 2. The summed E-state index contributed by atoms with van der Waals surface area (Å²) in [5.74, 6) is 0.335. The van der Waals surface area contributed by atoms with Gasteiger partial charge in [0.05, 0.1) is 6.54 Å². The molecule has 1 aromatic carbocycles. The van der Waals surface area contributed by atoms with Gasteiger partial charge in [0.25, 0.3) is 0 Å². The first-order valence-electron chi connectivity index (χ1n) is 8.86. The Bertz CT molecular complexity index is 855. The second-order valence-electron chi connectivity index (χ2n) is 6.82. The first-order chi connectivity index (χ1) is 12.9. The van der Waals surface area contributed by atoms with E-state index < -0.39 is 4.92 Å². The van der Waals surface area contributed by atoms with Crippen molar-refractivity contribution >= 4 is 23.2 Å². The highest BCUT2D eigenvalue weighted by atomic mass is 16.6. The topological polar surface area (TPSA) is 96.5 Å². The van der Waals surface area contributed by atoms with E-state index in [4.69, 9.17) is 0 Å². The summed E-state index contributed by atoms with van der Waals surface area (Å²) in [7, 11) is 1.75. The average Bonchev–Trinajstić information content (AvgIpc) is 3.01. The molecule has 144 valence electrons. The highest BCUT2D eigenvalue weighted by Gasteiger charge is 2.28. The van der Waals surface area contributed by atoms with Gasteiger partial charge in [0.1, 0.15) is 0 Å². The number of nitro groups is 1. The number of nitrogens with one attached hydrogen (secondary N) is 1. The first kappa shape index (κ1) is 18.8. The number of hydrogen-bond donors (Lipinski definition) is 1. The molecule has 1 aromatic heterocycles. The zero-order valence-electron chi connectivity index (χ0n) is 15.8. The van der Waals surface area contributed by atoms with Gasteiger partial charge >= 0.3 is 5.82 Å². The van der Waals surface area contributed by atoms with Gasteiger partial charge < -0.3 is 20.3 Å². The molecular weight excluding hydrogens is 348 g/mol. The second-order valence-corrected chi connectivity index (χ2v) is 6.82. The highest BCUT2D eigenvalue weighted by molar-refractivity contribution is 5.93. The number of carbonyl (C=O) groups is 1. The summed E-state index contributed by atoms with van der Waals surface area (Å²) >= 11 is 0. The van der Waals surface area contributed by atoms with E-state index in [-0.39, 0.29) is 11.7 Å². The zero-order valence-corrected chi connectivity index (χ0v) is 15.8. The molecule has 0 radical (unpaired) electrons. The van der Waals surface area contributed by atoms with Crippen LogP contribution in [0.5, 0.6) is 0 Å². The van der Waals surface area contributed by atoms with E-state index in [9.17, 15) is 14.9 Å². The Morgan fingerprint density at radius 2 is 1.96 bits per heavy atom. The minimum atomic E-state index is -0.459. The lowest BCUT2D eigenvalue weighted by Gasteiger charge is -2.34. The lowest BCUT2D eigenvalue weighted by atomic mass is 10.1. The van der Waals surface area contributed by atoms with E-state index in [1.165, 1.54) is 6.33 Å². The van der Waals surface area contributed by atoms with Gasteiger partial charge in [0.2, 0.25) is 18.1 Å². The molecule has 1 amide bonds. The first-order valence-corrected chi connectivity index (χ1v) is 8.86. The molecule has 0 saturated carbocycles. The third-order valence-electron chi connectivity index (χ3n) is 4.98. The predicted molar refractivity (Wildman–Crippen MR) is 103 cm³/mol. The third-order valence-corrected chi connectivity index (χ3v) is 4.98. The van der Waals surface area contributed by atoms with Crippen molar-refractivity contribution in [2.75, 3.05) is 42.9 Å². The number of imidazole rings is 1. The fourth-order valence-corrected chi connectivity index (χ4v) is 3.30. The van der Waals surface area contributed by atoms with Gasteiger partial charge in [-0.15, -0.1) is 0 Å². The van der Waals surface area contributed by atoms with Crippen molar-refractivity contribution in [1.29, 1.82) is 0 Å². The minimum absolute atomic E-state index is 0.0522. The van der Waals surface area contributed by atoms with Crippen molar-refractivity contribution in [3.63, 3.8) is 0 Å². The van der Waals surface area contributed by atoms with Gasteiger partial charge in [-0.3, -0.25) is 14.3 Å². The Morgan fingerprint density at radius 3 is 2.63 bits per heavy atom. The largest absolute Gasteiger partial charge is 0.406 e. The molecule has 1 fully saturated rings. The van der Waals surface area contributed by atoms with Crippen LogP contribution in [0, 0.1) is 24.0 Å². The fraction of sp³-hybridized carbons (Fsp3) is 0.444. The summed E-state index contributed by atoms with van der Waals surface area (Å²) in [6.07, 6.45) is 1.46. The molecule has 2 heterocycles. The smallest absolute Gasteiger partial charge is 0.358 e. The number of amides is 1. The van der Waals surface area contributed by atoms with Crippen molar-refractivity contribution < 1.29 is 9.72 Å². The SMILES string of the molecule is Cc1cccc(NC(=O)CN2CCN(c3c([N+](=O)[O-])ncn3C)CC2)c1C. The van der Waals surface area contributed by atoms with Crippen molar-refractivity contribution in [1.82, 2.24) is 14.5 Å². The highest BCUT2D eigenvalue weighted by Crippen LogP contribution is 2.26. The molecule has 0 aliphatic carbocycles. The lowest BCUT2D eigenvalue weighted by Crippen LogP contribution is -2.49. The minimum Gasteiger partial charge on any atom is -0.358 e. The van der Waals surface area contributed by atoms with Gasteiger partial charge in [0, 0.05) is 38.9 Å². The fourth-order valence-electron chi connectivity index (χ4n) is 3.30. The van der Waals surface area contributed by atoms with Gasteiger partial charge in [-0.1, -0.05) is 12.1 Å². The van der Waals surface area contributed by atoms with E-state index in [2.05, 4.69) is 15.2 Å². The maximum atomic E-state index is 12.4. The summed E-state index contributed by atoms with van der Waals surface area (Å²) in [5.41, 5.74) is 3.04. The van der Waals surface area contributed by atoms with Crippen molar-refractivity contribution in [2.45, 2.75) is 13.8 Å². The number of rotatable bonds is 5. The van der Waals surface area contributed by atoms with E-state index in [1.807, 2.05) is 36.9 Å². The molecular formula is C18H24N6O3. The summed E-state index contributed by atoms with van der Waals surface area (Å²) in [6, 6.07) is 5.85. The zero-order chi connectivity index (χ0) is 19.6. The molecule has 0 spiro atoms. The monoisotopic (exact) mass is 372 g/mol. The van der Waals surface area contributed by atoms with Crippen LogP contribution in [0.3, 0.4) is 0 Å². The molecule has 27 heavy (non-hydrogen) atoms. The summed E-state index contributed by atoms with van der Waals surface area (Å²) in [5, 5.41) is 14.1. The number of benzene rings is 1. The molecule has 1 aliphatic heterocycles. The Morgan fingerprint density at radius 1 is 1.26 bits per heavy atom. The van der Waals surface area contributed by atoms with Crippen LogP contribution in [0.25, 0.3) is 0 Å². The van der Waals surface area contributed by atoms with Gasteiger partial charge in [-0.05, 0) is 40.9 Å². The molecule has 2 aromatic rings. The molecule has 3 rings (SSSR count). The van der Waals surface area contributed by atoms with Gasteiger partial charge in [0.15, 0.2) is 0 Å². The Labute approximate surface area is 157 Å². The third kappa shape index (κ3) is 4.08. The molecule has 0 bridgehead atoms. The summed E-state index contributed by atoms with van der Waals surface area (Å²) in [4.78, 5) is 30.9. The quantitative estimate of drug-likeness (QED) is 0.634. The van der Waals surface area contributed by atoms with E-state index in [1.54, 1.807) is 11.6 Å². The molecule has 0 unspecified atom stereocenters. The van der Waals surface area contributed by atoms with E-state index in [0.29, 0.717) is 38.5 Å². The normalized spacial score (nSPS) is 15.0. The maximum absolute atomic E-state index is 12.4. The van der Waals surface area contributed by atoms with Gasteiger partial charge in [-0.25, -0.2) is 0 Å². The van der Waals surface area contributed by atoms with Crippen LogP contribution in [0.4, 0.5) is 17.3 Å². The van der Waals surface area contributed by atoms with Crippen molar-refractivity contribution in [3.05, 3.63) is 45.8 Å². The molecule has 1 saturated heterocycles. The van der Waals surface area contributed by atoms with E-state index >= 15 is 0 Å². The number of aromatic nitrogens is 2. The number of hydrogen-bond acceptors (Lipinski definition) is 6.